The molecule has 4 heteroatoms. The van der Waals surface area contributed by atoms with Crippen molar-refractivity contribution >= 4 is 21.8 Å². The summed E-state index contributed by atoms with van der Waals surface area (Å²) in [6.07, 6.45) is 5.00. The number of hydrogen-bond donors (Lipinski definition) is 2. The van der Waals surface area contributed by atoms with Crippen LogP contribution in [0.4, 0.5) is 0 Å². The van der Waals surface area contributed by atoms with E-state index in [2.05, 4.69) is 28.2 Å². The number of nitrogens with one attached hydrogen (secondary N) is 1. The molecule has 0 aromatic heterocycles. The van der Waals surface area contributed by atoms with Gasteiger partial charge in [-0.15, -0.1) is 0 Å². The molecule has 1 amide bonds. The first-order valence-electron chi connectivity index (χ1n) is 6.84. The van der Waals surface area contributed by atoms with Gasteiger partial charge in [0.1, 0.15) is 5.75 Å². The number of phenolic OH excluding ortho intramolecular Hbond substituents is 1. The zero-order valence-corrected chi connectivity index (χ0v) is 12.7. The molecule has 1 fully saturated rings. The van der Waals surface area contributed by atoms with Crippen LogP contribution in [0.2, 0.25) is 0 Å². The van der Waals surface area contributed by atoms with E-state index in [4.69, 9.17) is 0 Å². The van der Waals surface area contributed by atoms with Crippen molar-refractivity contribution in [3.05, 3.63) is 28.2 Å². The lowest BCUT2D eigenvalue weighted by atomic mass is 9.80. The molecule has 19 heavy (non-hydrogen) atoms. The number of amides is 1. The Morgan fingerprint density at radius 2 is 2.16 bits per heavy atom. The highest BCUT2D eigenvalue weighted by atomic mass is 79.9. The smallest absolute Gasteiger partial charge is 0.255 e. The van der Waals surface area contributed by atoms with Crippen molar-refractivity contribution in [2.24, 2.45) is 11.8 Å². The van der Waals surface area contributed by atoms with Crippen LogP contribution in [0.3, 0.4) is 0 Å². The molecular formula is C15H20BrNO2. The van der Waals surface area contributed by atoms with Gasteiger partial charge < -0.3 is 10.4 Å². The molecule has 1 aliphatic rings. The maximum atomic E-state index is 12.1. The zero-order chi connectivity index (χ0) is 13.8. The fourth-order valence-electron chi connectivity index (χ4n) is 2.71. The number of halogens is 1. The quantitative estimate of drug-likeness (QED) is 0.889. The standard InChI is InChI=1S/C15H20BrNO2/c1-10-4-2-3-5-11(10)9-17-15(19)13-8-12(16)6-7-14(13)18/h6-8,10-11,18H,2-5,9H2,1H3,(H,17,19). The highest BCUT2D eigenvalue weighted by molar-refractivity contribution is 9.10. The van der Waals surface area contributed by atoms with Crippen molar-refractivity contribution in [1.82, 2.24) is 5.32 Å². The minimum Gasteiger partial charge on any atom is -0.507 e. The number of hydrogen-bond acceptors (Lipinski definition) is 2. The molecule has 2 rings (SSSR count). The van der Waals surface area contributed by atoms with Crippen molar-refractivity contribution in [2.45, 2.75) is 32.6 Å². The second kappa shape index (κ2) is 6.42. The Hall–Kier alpha value is -1.03. The third kappa shape index (κ3) is 3.72. The van der Waals surface area contributed by atoms with Crippen molar-refractivity contribution in [2.75, 3.05) is 6.54 Å². The first-order chi connectivity index (χ1) is 9.08. The third-order valence-corrected chi connectivity index (χ3v) is 4.51. The van der Waals surface area contributed by atoms with E-state index in [0.717, 1.165) is 4.47 Å². The Morgan fingerprint density at radius 1 is 1.42 bits per heavy atom. The lowest BCUT2D eigenvalue weighted by Crippen LogP contribution is -2.33. The molecule has 2 unspecified atom stereocenters. The highest BCUT2D eigenvalue weighted by Gasteiger charge is 2.22. The summed E-state index contributed by atoms with van der Waals surface area (Å²) < 4.78 is 0.793. The van der Waals surface area contributed by atoms with Gasteiger partial charge >= 0.3 is 0 Å². The molecule has 0 heterocycles. The van der Waals surface area contributed by atoms with Gasteiger partial charge in [-0.3, -0.25) is 4.79 Å². The first kappa shape index (κ1) is 14.4. The number of carbonyl (C=O) groups is 1. The van der Waals surface area contributed by atoms with Gasteiger partial charge in [0.25, 0.3) is 5.91 Å². The van der Waals surface area contributed by atoms with Gasteiger partial charge in [0.15, 0.2) is 0 Å². The summed E-state index contributed by atoms with van der Waals surface area (Å²) in [5.74, 6) is 1.06. The van der Waals surface area contributed by atoms with Crippen LogP contribution in [0.1, 0.15) is 43.0 Å². The first-order valence-corrected chi connectivity index (χ1v) is 7.64. The number of phenols is 1. The average molecular weight is 326 g/mol. The van der Waals surface area contributed by atoms with E-state index in [-0.39, 0.29) is 11.7 Å². The third-order valence-electron chi connectivity index (χ3n) is 4.02. The predicted molar refractivity (Wildman–Crippen MR) is 79.3 cm³/mol. The topological polar surface area (TPSA) is 49.3 Å². The molecule has 3 nitrogen and oxygen atoms in total. The Labute approximate surface area is 122 Å². The summed E-state index contributed by atoms with van der Waals surface area (Å²) in [4.78, 5) is 12.1. The second-order valence-corrected chi connectivity index (χ2v) is 6.31. The number of benzene rings is 1. The lowest BCUT2D eigenvalue weighted by molar-refractivity contribution is 0.0933. The van der Waals surface area contributed by atoms with Crippen molar-refractivity contribution in [1.29, 1.82) is 0 Å². The van der Waals surface area contributed by atoms with Crippen LogP contribution in [0, 0.1) is 11.8 Å². The summed E-state index contributed by atoms with van der Waals surface area (Å²) in [5, 5.41) is 12.7. The minimum absolute atomic E-state index is 0.0254. The molecule has 1 saturated carbocycles. The number of carbonyl (C=O) groups excluding carboxylic acids is 1. The zero-order valence-electron chi connectivity index (χ0n) is 11.2. The van der Waals surface area contributed by atoms with E-state index in [0.29, 0.717) is 23.9 Å². The Balaban J connectivity index is 1.95. The van der Waals surface area contributed by atoms with E-state index in [9.17, 15) is 9.90 Å². The van der Waals surface area contributed by atoms with Gasteiger partial charge in [-0.05, 0) is 36.5 Å². The molecule has 1 aromatic carbocycles. The maximum Gasteiger partial charge on any atom is 0.255 e. The molecule has 2 N–H and O–H groups in total. The molecule has 1 aromatic rings. The molecule has 0 spiro atoms. The van der Waals surface area contributed by atoms with Crippen LogP contribution in [-0.4, -0.2) is 17.6 Å². The lowest BCUT2D eigenvalue weighted by Gasteiger charge is -2.28. The molecule has 0 aliphatic heterocycles. The fraction of sp³-hybridized carbons (Fsp3) is 0.533. The maximum absolute atomic E-state index is 12.1. The van der Waals surface area contributed by atoms with Gasteiger partial charge in [0.2, 0.25) is 0 Å². The normalized spacial score (nSPS) is 23.1. The Kier molecular flexibility index (Phi) is 4.86. The summed E-state index contributed by atoms with van der Waals surface area (Å²) in [7, 11) is 0. The van der Waals surface area contributed by atoms with Crippen LogP contribution in [0.25, 0.3) is 0 Å². The average Bonchev–Trinajstić information content (AvgIpc) is 2.40. The van der Waals surface area contributed by atoms with Crippen molar-refractivity contribution < 1.29 is 9.90 Å². The largest absolute Gasteiger partial charge is 0.507 e. The minimum atomic E-state index is -0.198. The second-order valence-electron chi connectivity index (χ2n) is 5.39. The number of rotatable bonds is 3. The van der Waals surface area contributed by atoms with Crippen molar-refractivity contribution in [3.63, 3.8) is 0 Å². The molecule has 0 saturated heterocycles. The van der Waals surface area contributed by atoms with Gasteiger partial charge in [-0.25, -0.2) is 0 Å². The van der Waals surface area contributed by atoms with E-state index < -0.39 is 0 Å². The van der Waals surface area contributed by atoms with E-state index >= 15 is 0 Å². The fourth-order valence-corrected chi connectivity index (χ4v) is 3.07. The van der Waals surface area contributed by atoms with Crippen LogP contribution >= 0.6 is 15.9 Å². The van der Waals surface area contributed by atoms with Crippen LogP contribution < -0.4 is 5.32 Å². The summed E-state index contributed by atoms with van der Waals surface area (Å²) >= 11 is 3.31. The van der Waals surface area contributed by atoms with E-state index in [1.54, 1.807) is 12.1 Å². The van der Waals surface area contributed by atoms with Crippen molar-refractivity contribution in [3.8, 4) is 5.75 Å². The highest BCUT2D eigenvalue weighted by Crippen LogP contribution is 2.29. The molecule has 0 radical (unpaired) electrons. The van der Waals surface area contributed by atoms with Gasteiger partial charge in [-0.2, -0.15) is 0 Å². The van der Waals surface area contributed by atoms with Gasteiger partial charge in [0, 0.05) is 11.0 Å². The van der Waals surface area contributed by atoms with Crippen LogP contribution in [-0.2, 0) is 0 Å². The molecule has 104 valence electrons. The molecular weight excluding hydrogens is 306 g/mol. The van der Waals surface area contributed by atoms with Gasteiger partial charge in [-0.1, -0.05) is 42.1 Å². The summed E-state index contributed by atoms with van der Waals surface area (Å²) in [5.41, 5.74) is 0.331. The molecule has 1 aliphatic carbocycles. The SMILES string of the molecule is CC1CCCCC1CNC(=O)c1cc(Br)ccc1O. The summed E-state index contributed by atoms with van der Waals surface area (Å²) in [6.45, 7) is 2.96. The summed E-state index contributed by atoms with van der Waals surface area (Å²) in [6, 6.07) is 4.90. The van der Waals surface area contributed by atoms with Gasteiger partial charge in [0.05, 0.1) is 5.56 Å². The monoisotopic (exact) mass is 325 g/mol. The van der Waals surface area contributed by atoms with Crippen LogP contribution in [0.15, 0.2) is 22.7 Å². The van der Waals surface area contributed by atoms with E-state index in [1.165, 1.54) is 31.7 Å². The Morgan fingerprint density at radius 3 is 2.89 bits per heavy atom. The molecule has 2 atom stereocenters. The number of aromatic hydroxyl groups is 1. The predicted octanol–water partition coefficient (Wildman–Crippen LogP) is 3.71. The van der Waals surface area contributed by atoms with Crippen LogP contribution in [0.5, 0.6) is 5.75 Å². The molecule has 0 bridgehead atoms. The van der Waals surface area contributed by atoms with E-state index in [1.807, 2.05) is 0 Å². The Bertz CT molecular complexity index is 461.